The Hall–Kier alpha value is -4.16. The number of fused-ring (bicyclic) bond motifs is 1. The normalized spacial score (nSPS) is 29.9. The molecule has 0 radical (unpaired) electrons. The lowest BCUT2D eigenvalue weighted by molar-refractivity contribution is -0.265. The number of carbonyl (C=O) groups excluding carboxylic acids is 4. The van der Waals surface area contributed by atoms with Crippen LogP contribution in [0.4, 0.5) is 10.5 Å². The van der Waals surface area contributed by atoms with Crippen LogP contribution in [-0.2, 0) is 44.6 Å². The first kappa shape index (κ1) is 48.5. The van der Waals surface area contributed by atoms with Crippen molar-refractivity contribution in [3.63, 3.8) is 0 Å². The van der Waals surface area contributed by atoms with Crippen LogP contribution in [0, 0.1) is 17.8 Å². The number of hydrogen-bond acceptors (Lipinski definition) is 14. The molecular weight excluding hydrogens is 775 g/mol. The number of Topliss-reactive ketones (excluding diaryl/α,β-unsaturated/α-hetero) is 1. The zero-order valence-electron chi connectivity index (χ0n) is 37.4. The molecule has 60 heavy (non-hydrogen) atoms. The first-order chi connectivity index (χ1) is 28.3. The molecule has 2 fully saturated rings. The number of aryl methyl sites for hydroxylation is 1. The van der Waals surface area contributed by atoms with Gasteiger partial charge in [-0.15, -0.1) is 5.10 Å². The largest absolute Gasteiger partial charge is 0.457 e. The van der Waals surface area contributed by atoms with Crippen LogP contribution in [0.3, 0.4) is 0 Å². The average Bonchev–Trinajstić information content (AvgIpc) is 3.79. The van der Waals surface area contributed by atoms with E-state index in [1.165, 1.54) is 18.9 Å². The summed E-state index contributed by atoms with van der Waals surface area (Å²) in [5.41, 5.74) is 5.33. The van der Waals surface area contributed by atoms with Gasteiger partial charge in [0.1, 0.15) is 23.8 Å². The van der Waals surface area contributed by atoms with Gasteiger partial charge in [-0.3, -0.25) is 24.0 Å². The number of nitrogens with zero attached hydrogens (tertiary/aromatic N) is 5. The van der Waals surface area contributed by atoms with E-state index in [9.17, 15) is 24.3 Å². The fraction of sp³-hybridized carbons (Fsp3) is 0.721. The number of rotatable bonds is 16. The van der Waals surface area contributed by atoms with Gasteiger partial charge in [0.05, 0.1) is 17.9 Å². The van der Waals surface area contributed by atoms with Crippen molar-refractivity contribution >= 4 is 29.4 Å². The third-order valence-electron chi connectivity index (χ3n) is 12.2. The zero-order valence-corrected chi connectivity index (χ0v) is 37.4. The van der Waals surface area contributed by atoms with E-state index >= 15 is 0 Å². The molecule has 0 spiro atoms. The molecule has 17 heteroatoms. The summed E-state index contributed by atoms with van der Waals surface area (Å²) in [7, 11) is 5.23. The van der Waals surface area contributed by atoms with Gasteiger partial charge in [0.2, 0.25) is 5.91 Å². The van der Waals surface area contributed by atoms with Crippen molar-refractivity contribution in [2.45, 2.75) is 142 Å². The number of esters is 1. The van der Waals surface area contributed by atoms with Crippen molar-refractivity contribution in [2.75, 3.05) is 46.6 Å². The van der Waals surface area contributed by atoms with Crippen LogP contribution in [0.2, 0.25) is 0 Å². The number of unbranched alkanes of at least 4 members (excludes halogenated alkanes) is 1. The van der Waals surface area contributed by atoms with Crippen LogP contribution in [0.5, 0.6) is 0 Å². The Labute approximate surface area is 354 Å². The van der Waals surface area contributed by atoms with Crippen LogP contribution in [0.1, 0.15) is 87.5 Å². The number of carbonyl (C=O) groups is 4. The fourth-order valence-corrected chi connectivity index (χ4v) is 8.75. The minimum Gasteiger partial charge on any atom is -0.457 e. The van der Waals surface area contributed by atoms with E-state index in [0.29, 0.717) is 43.6 Å². The Morgan fingerprint density at radius 3 is 2.40 bits per heavy atom. The molecule has 11 atom stereocenters. The number of anilines is 1. The number of methoxy groups -OCH3 is 1. The average molecular weight is 844 g/mol. The highest BCUT2D eigenvalue weighted by molar-refractivity contribution is 6.00. The van der Waals surface area contributed by atoms with Crippen LogP contribution in [0.15, 0.2) is 30.5 Å². The van der Waals surface area contributed by atoms with Crippen LogP contribution < -0.4 is 11.1 Å². The summed E-state index contributed by atoms with van der Waals surface area (Å²) < 4.78 is 32.6. The summed E-state index contributed by atoms with van der Waals surface area (Å²) in [4.78, 5) is 59.7. The number of nitrogens with one attached hydrogen (secondary N) is 1. The summed E-state index contributed by atoms with van der Waals surface area (Å²) in [6.45, 7) is 15.1. The highest BCUT2D eigenvalue weighted by atomic mass is 16.7. The second-order valence-electron chi connectivity index (χ2n) is 17.0. The van der Waals surface area contributed by atoms with Gasteiger partial charge in [-0.2, -0.15) is 0 Å². The number of nitrogen functional groups attached to an aromatic ring is 1. The number of amides is 2. The molecule has 2 aliphatic heterocycles. The third-order valence-corrected chi connectivity index (χ3v) is 12.2. The van der Waals surface area contributed by atoms with E-state index in [1.54, 1.807) is 38.4 Å². The second-order valence-corrected chi connectivity index (χ2v) is 17.0. The van der Waals surface area contributed by atoms with Gasteiger partial charge >= 0.3 is 12.1 Å². The first-order valence-corrected chi connectivity index (χ1v) is 21.3. The Bertz CT molecular complexity index is 1760. The molecule has 3 heterocycles. The number of hydrogen-bond donors (Lipinski definition) is 3. The van der Waals surface area contributed by atoms with E-state index in [1.807, 2.05) is 64.2 Å². The minimum absolute atomic E-state index is 0.173. The Balaban J connectivity index is 1.61. The number of cyclic esters (lactones) is 1. The van der Waals surface area contributed by atoms with Gasteiger partial charge in [-0.1, -0.05) is 45.0 Å². The second kappa shape index (κ2) is 21.1. The van der Waals surface area contributed by atoms with Gasteiger partial charge in [-0.25, -0.2) is 4.79 Å². The molecule has 4 rings (SSSR count). The molecule has 1 aromatic carbocycles. The van der Waals surface area contributed by atoms with Gasteiger partial charge in [0.25, 0.3) is 0 Å². The number of aromatic nitrogens is 3. The van der Waals surface area contributed by atoms with Gasteiger partial charge in [0.15, 0.2) is 23.7 Å². The van der Waals surface area contributed by atoms with E-state index in [-0.39, 0.29) is 38.1 Å². The highest BCUT2D eigenvalue weighted by Gasteiger charge is 2.60. The topological polar surface area (TPSA) is 210 Å². The maximum atomic E-state index is 14.4. The standard InChI is InChI=1S/C43H69N7O10/c1-12-32(48(9)10)35(52)40(57-14-3)59-37-27(5)34(51)28(6)39(54)58-33(13-2)43(8)36(38(53)45-24-26(4)23-42(37,7)56-11)50(41(55)60-43)21-16-15-20-49-25-31(46-47-49)29-18-17-19-30(44)22-29/h17-19,22,25-28,32-33,35-37,40,52H,12-16,20-21,23-24,44H2,1-11H3,(H,45,53)/t26-,27+,28?,32?,33-,35?,36-,37-,40+,42-,43-/m1/s1. The molecule has 2 aromatic rings. The maximum absolute atomic E-state index is 14.4. The fourth-order valence-electron chi connectivity index (χ4n) is 8.75. The number of ether oxygens (including phenoxy) is 5. The lowest BCUT2D eigenvalue weighted by Gasteiger charge is -2.44. The molecule has 0 bridgehead atoms. The van der Waals surface area contributed by atoms with Gasteiger partial charge < -0.3 is 44.7 Å². The summed E-state index contributed by atoms with van der Waals surface area (Å²) >= 11 is 0. The molecule has 0 saturated carbocycles. The van der Waals surface area contributed by atoms with Crippen molar-refractivity contribution in [1.82, 2.24) is 30.1 Å². The predicted octanol–water partition coefficient (Wildman–Crippen LogP) is 4.06. The molecule has 336 valence electrons. The van der Waals surface area contributed by atoms with Crippen LogP contribution in [0.25, 0.3) is 11.3 Å². The molecule has 2 aliphatic rings. The SMILES string of the molecule is CCO[C@@H](O[C@@H]1[C@@H](C)C(=O)C(C)C(=O)O[C@H](CC)[C@@]2(C)OC(=O)N(CCCCn3cc(-c4cccc(N)c4)nn3)[C@@H]2C(=O)NC[C@H](C)C[C@@]1(C)OC)C(O)C(CC)N(C)C. The Morgan fingerprint density at radius 2 is 1.78 bits per heavy atom. The van der Waals surface area contributed by atoms with Crippen molar-refractivity contribution in [1.29, 1.82) is 0 Å². The maximum Gasteiger partial charge on any atom is 0.411 e. The Morgan fingerprint density at radius 1 is 1.08 bits per heavy atom. The van der Waals surface area contributed by atoms with Crippen molar-refractivity contribution < 1.29 is 48.0 Å². The smallest absolute Gasteiger partial charge is 0.411 e. The summed E-state index contributed by atoms with van der Waals surface area (Å²) in [6.07, 6.45) is -0.999. The molecule has 4 N–H and O–H groups in total. The molecule has 2 amide bonds. The third kappa shape index (κ3) is 11.0. The quantitative estimate of drug-likeness (QED) is 0.0716. The minimum atomic E-state index is -1.59. The summed E-state index contributed by atoms with van der Waals surface area (Å²) in [5, 5.41) is 23.1. The van der Waals surface area contributed by atoms with E-state index in [4.69, 9.17) is 29.4 Å². The van der Waals surface area contributed by atoms with E-state index in [0.717, 1.165) is 5.56 Å². The molecule has 17 nitrogen and oxygen atoms in total. The van der Waals surface area contributed by atoms with Gasteiger partial charge in [-0.05, 0) is 91.9 Å². The van der Waals surface area contributed by atoms with Crippen LogP contribution >= 0.6 is 0 Å². The van der Waals surface area contributed by atoms with Crippen LogP contribution in [-0.4, -0.2) is 142 Å². The predicted molar refractivity (Wildman–Crippen MR) is 224 cm³/mol. The number of aliphatic hydroxyl groups excluding tert-OH is 1. The number of likely N-dealkylation sites (N-methyl/N-ethyl adjacent to an activating group) is 1. The molecular formula is C43H69N7O10. The lowest BCUT2D eigenvalue weighted by Crippen LogP contribution is -2.59. The number of aliphatic hydroxyl groups is 1. The molecule has 1 aromatic heterocycles. The van der Waals surface area contributed by atoms with Crippen molar-refractivity contribution in [3.05, 3.63) is 30.5 Å². The zero-order chi connectivity index (χ0) is 44.5. The van der Waals surface area contributed by atoms with Gasteiger partial charge in [0, 0.05) is 56.6 Å². The molecule has 0 aliphatic carbocycles. The first-order valence-electron chi connectivity index (χ1n) is 21.3. The highest BCUT2D eigenvalue weighted by Crippen LogP contribution is 2.39. The monoisotopic (exact) mass is 844 g/mol. The van der Waals surface area contributed by atoms with E-state index in [2.05, 4.69) is 15.6 Å². The Kier molecular flexibility index (Phi) is 17.0. The molecule has 2 saturated heterocycles. The lowest BCUT2D eigenvalue weighted by atomic mass is 9.78. The number of ketones is 1. The number of benzene rings is 1. The number of nitrogens with two attached hydrogens (primary N) is 1. The summed E-state index contributed by atoms with van der Waals surface area (Å²) in [5.74, 6) is -4.23. The summed E-state index contributed by atoms with van der Waals surface area (Å²) in [6, 6.07) is 5.89. The van der Waals surface area contributed by atoms with Crippen molar-refractivity contribution in [3.8, 4) is 11.3 Å². The molecule has 3 unspecified atom stereocenters. The van der Waals surface area contributed by atoms with Crippen molar-refractivity contribution in [2.24, 2.45) is 17.8 Å². The van der Waals surface area contributed by atoms with E-state index < -0.39 is 77.4 Å².